The standard InChI is InChI=1S/C19H27BrN2O3S/c20-17-11-5-6-12-18(17)26(24,25)22-13-7-8-15(14-22)19(23)21-16-9-3-1-2-4-10-16/h5-6,11-12,15-16H,1-4,7-10,13-14H2,(H,21,23). The average Bonchev–Trinajstić information content (AvgIpc) is 2.90. The van der Waals surface area contributed by atoms with Gasteiger partial charge in [0.05, 0.1) is 10.8 Å². The molecule has 2 fully saturated rings. The van der Waals surface area contributed by atoms with Crippen LogP contribution in [0.2, 0.25) is 0 Å². The molecule has 2 aliphatic rings. The van der Waals surface area contributed by atoms with Crippen LogP contribution < -0.4 is 5.32 Å². The maximum Gasteiger partial charge on any atom is 0.244 e. The molecule has 1 unspecified atom stereocenters. The summed E-state index contributed by atoms with van der Waals surface area (Å²) in [6.07, 6.45) is 8.36. The van der Waals surface area contributed by atoms with E-state index < -0.39 is 10.0 Å². The fourth-order valence-electron chi connectivity index (χ4n) is 3.91. The molecule has 1 atom stereocenters. The smallest absolute Gasteiger partial charge is 0.244 e. The van der Waals surface area contributed by atoms with Gasteiger partial charge in [0.1, 0.15) is 0 Å². The Kier molecular flexibility index (Phi) is 6.75. The molecular weight excluding hydrogens is 416 g/mol. The van der Waals surface area contributed by atoms with E-state index in [4.69, 9.17) is 0 Å². The van der Waals surface area contributed by atoms with Crippen molar-refractivity contribution in [2.75, 3.05) is 13.1 Å². The Morgan fingerprint density at radius 1 is 1.04 bits per heavy atom. The van der Waals surface area contributed by atoms with Crippen molar-refractivity contribution in [1.29, 1.82) is 0 Å². The van der Waals surface area contributed by atoms with Crippen LogP contribution in [0.4, 0.5) is 0 Å². The van der Waals surface area contributed by atoms with E-state index in [-0.39, 0.29) is 29.3 Å². The van der Waals surface area contributed by atoms with Crippen molar-refractivity contribution in [2.45, 2.75) is 62.3 Å². The predicted molar refractivity (Wildman–Crippen MR) is 105 cm³/mol. The molecule has 0 radical (unpaired) electrons. The summed E-state index contributed by atoms with van der Waals surface area (Å²) in [6, 6.07) is 7.10. The van der Waals surface area contributed by atoms with Crippen molar-refractivity contribution in [3.8, 4) is 0 Å². The summed E-state index contributed by atoms with van der Waals surface area (Å²) in [4.78, 5) is 13.0. The minimum Gasteiger partial charge on any atom is -0.353 e. The quantitative estimate of drug-likeness (QED) is 0.722. The van der Waals surface area contributed by atoms with Crippen molar-refractivity contribution in [3.05, 3.63) is 28.7 Å². The highest BCUT2D eigenvalue weighted by molar-refractivity contribution is 9.10. The van der Waals surface area contributed by atoms with E-state index in [1.54, 1.807) is 24.3 Å². The number of amides is 1. The second kappa shape index (κ2) is 8.85. The van der Waals surface area contributed by atoms with Crippen LogP contribution in [0.5, 0.6) is 0 Å². The molecule has 0 bridgehead atoms. The Labute approximate surface area is 164 Å². The van der Waals surface area contributed by atoms with Gasteiger partial charge in [-0.3, -0.25) is 4.79 Å². The van der Waals surface area contributed by atoms with Gasteiger partial charge in [-0.05, 0) is 53.7 Å². The number of hydrogen-bond acceptors (Lipinski definition) is 3. The van der Waals surface area contributed by atoms with Gasteiger partial charge in [0, 0.05) is 23.6 Å². The zero-order chi connectivity index (χ0) is 18.6. The lowest BCUT2D eigenvalue weighted by atomic mass is 9.97. The Balaban J connectivity index is 1.67. The van der Waals surface area contributed by atoms with Crippen LogP contribution in [0.3, 0.4) is 0 Å². The first-order valence-corrected chi connectivity index (χ1v) is 11.8. The molecule has 1 amide bonds. The van der Waals surface area contributed by atoms with E-state index in [0.717, 1.165) is 32.1 Å². The van der Waals surface area contributed by atoms with Gasteiger partial charge in [0.2, 0.25) is 15.9 Å². The third-order valence-electron chi connectivity index (χ3n) is 5.41. The van der Waals surface area contributed by atoms with E-state index in [9.17, 15) is 13.2 Å². The van der Waals surface area contributed by atoms with Gasteiger partial charge >= 0.3 is 0 Å². The lowest BCUT2D eigenvalue weighted by molar-refractivity contribution is -0.126. The minimum atomic E-state index is -3.59. The van der Waals surface area contributed by atoms with Crippen LogP contribution in [-0.2, 0) is 14.8 Å². The summed E-state index contributed by atoms with van der Waals surface area (Å²) in [5.41, 5.74) is 0. The molecule has 1 heterocycles. The van der Waals surface area contributed by atoms with Gasteiger partial charge in [-0.2, -0.15) is 4.31 Å². The van der Waals surface area contributed by atoms with E-state index in [2.05, 4.69) is 21.2 Å². The van der Waals surface area contributed by atoms with Crippen molar-refractivity contribution in [3.63, 3.8) is 0 Å². The van der Waals surface area contributed by atoms with Gasteiger partial charge in [-0.1, -0.05) is 37.8 Å². The zero-order valence-electron chi connectivity index (χ0n) is 15.0. The van der Waals surface area contributed by atoms with Crippen molar-refractivity contribution >= 4 is 31.9 Å². The molecule has 3 rings (SSSR count). The SMILES string of the molecule is O=C(NC1CCCCCC1)C1CCCN(S(=O)(=O)c2ccccc2Br)C1. The highest BCUT2D eigenvalue weighted by Gasteiger charge is 2.34. The number of halogens is 1. The van der Waals surface area contributed by atoms with Gasteiger partial charge in [0.15, 0.2) is 0 Å². The fourth-order valence-corrected chi connectivity index (χ4v) is 6.40. The third-order valence-corrected chi connectivity index (χ3v) is 8.29. The van der Waals surface area contributed by atoms with Crippen LogP contribution in [0, 0.1) is 5.92 Å². The number of sulfonamides is 1. The summed E-state index contributed by atoms with van der Waals surface area (Å²) in [6.45, 7) is 0.735. The molecular formula is C19H27BrN2O3S. The summed E-state index contributed by atoms with van der Waals surface area (Å²) < 4.78 is 28.0. The molecule has 144 valence electrons. The number of nitrogens with zero attached hydrogens (tertiary/aromatic N) is 1. The maximum atomic E-state index is 13.0. The maximum absolute atomic E-state index is 13.0. The van der Waals surface area contributed by atoms with E-state index in [1.807, 2.05) is 0 Å². The van der Waals surface area contributed by atoms with E-state index >= 15 is 0 Å². The van der Waals surface area contributed by atoms with Gasteiger partial charge in [-0.15, -0.1) is 0 Å². The van der Waals surface area contributed by atoms with Gasteiger partial charge in [0.25, 0.3) is 0 Å². The van der Waals surface area contributed by atoms with E-state index in [1.165, 1.54) is 17.1 Å². The number of piperidine rings is 1. The molecule has 1 aromatic rings. The first-order chi connectivity index (χ1) is 12.5. The summed E-state index contributed by atoms with van der Waals surface area (Å²) in [5, 5.41) is 3.18. The van der Waals surface area contributed by atoms with Crippen LogP contribution in [0.25, 0.3) is 0 Å². The molecule has 1 saturated carbocycles. The molecule has 1 aliphatic heterocycles. The summed E-state index contributed by atoms with van der Waals surface area (Å²) >= 11 is 3.33. The average molecular weight is 443 g/mol. The number of hydrogen-bond donors (Lipinski definition) is 1. The first-order valence-electron chi connectivity index (χ1n) is 9.53. The van der Waals surface area contributed by atoms with Gasteiger partial charge in [-0.25, -0.2) is 8.42 Å². The monoisotopic (exact) mass is 442 g/mol. The van der Waals surface area contributed by atoms with Crippen LogP contribution in [-0.4, -0.2) is 37.8 Å². The van der Waals surface area contributed by atoms with Crippen molar-refractivity contribution < 1.29 is 13.2 Å². The molecule has 26 heavy (non-hydrogen) atoms. The van der Waals surface area contributed by atoms with Crippen LogP contribution in [0.1, 0.15) is 51.4 Å². The topological polar surface area (TPSA) is 66.5 Å². The zero-order valence-corrected chi connectivity index (χ0v) is 17.4. The number of carbonyl (C=O) groups is 1. The van der Waals surface area contributed by atoms with Crippen LogP contribution in [0.15, 0.2) is 33.6 Å². The molecule has 0 spiro atoms. The normalized spacial score (nSPS) is 23.3. The number of nitrogens with one attached hydrogen (secondary N) is 1. The van der Waals surface area contributed by atoms with E-state index in [0.29, 0.717) is 17.4 Å². The van der Waals surface area contributed by atoms with Crippen molar-refractivity contribution in [2.24, 2.45) is 5.92 Å². The first kappa shape index (κ1) is 19.8. The highest BCUT2D eigenvalue weighted by Crippen LogP contribution is 2.28. The molecule has 5 nitrogen and oxygen atoms in total. The second-order valence-electron chi connectivity index (χ2n) is 7.33. The Morgan fingerprint density at radius 3 is 2.42 bits per heavy atom. The molecule has 1 N–H and O–H groups in total. The molecule has 0 aromatic heterocycles. The predicted octanol–water partition coefficient (Wildman–Crippen LogP) is 3.69. The fraction of sp³-hybridized carbons (Fsp3) is 0.632. The Bertz CT molecular complexity index is 730. The minimum absolute atomic E-state index is 0.0175. The molecule has 1 aromatic carbocycles. The second-order valence-corrected chi connectivity index (χ2v) is 10.1. The lowest BCUT2D eigenvalue weighted by Crippen LogP contribution is -2.47. The lowest BCUT2D eigenvalue weighted by Gasteiger charge is -2.32. The molecule has 1 saturated heterocycles. The number of benzene rings is 1. The van der Waals surface area contributed by atoms with Crippen molar-refractivity contribution in [1.82, 2.24) is 9.62 Å². The number of rotatable bonds is 4. The molecule has 1 aliphatic carbocycles. The largest absolute Gasteiger partial charge is 0.353 e. The van der Waals surface area contributed by atoms with Crippen LogP contribution >= 0.6 is 15.9 Å². The summed E-state index contributed by atoms with van der Waals surface area (Å²) in [5.74, 6) is -0.242. The number of carbonyl (C=O) groups excluding carboxylic acids is 1. The third kappa shape index (κ3) is 4.67. The molecule has 7 heteroatoms. The summed E-state index contributed by atoms with van der Waals surface area (Å²) in [7, 11) is -3.59. The highest BCUT2D eigenvalue weighted by atomic mass is 79.9. The van der Waals surface area contributed by atoms with Gasteiger partial charge < -0.3 is 5.32 Å². The Morgan fingerprint density at radius 2 is 1.73 bits per heavy atom. The Hall–Kier alpha value is -0.920.